The van der Waals surface area contributed by atoms with E-state index in [4.69, 9.17) is 11.6 Å². The van der Waals surface area contributed by atoms with Crippen molar-refractivity contribution in [3.8, 4) is 0 Å². The molecular formula is C17H25Cl. The highest BCUT2D eigenvalue weighted by Gasteiger charge is 2.20. The predicted molar refractivity (Wildman–Crippen MR) is 80.1 cm³/mol. The first kappa shape index (κ1) is 13.9. The largest absolute Gasteiger partial charge is 0.0840 e. The van der Waals surface area contributed by atoms with Gasteiger partial charge in [0.25, 0.3) is 0 Å². The topological polar surface area (TPSA) is 0 Å². The zero-order chi connectivity index (χ0) is 12.8. The van der Waals surface area contributed by atoms with E-state index in [1.807, 2.05) is 12.1 Å². The molecule has 1 heteroatoms. The smallest absolute Gasteiger partial charge is 0.0437 e. The summed E-state index contributed by atoms with van der Waals surface area (Å²) in [6.45, 7) is 2.31. The summed E-state index contributed by atoms with van der Waals surface area (Å²) in [6.07, 6.45) is 11.1. The molecule has 1 saturated carbocycles. The van der Waals surface area contributed by atoms with Gasteiger partial charge in [-0.3, -0.25) is 0 Å². The van der Waals surface area contributed by atoms with Crippen molar-refractivity contribution in [2.24, 2.45) is 11.8 Å². The Kier molecular flexibility index (Phi) is 5.56. The summed E-state index contributed by atoms with van der Waals surface area (Å²) in [5.74, 6) is 1.96. The van der Waals surface area contributed by atoms with Crippen LogP contribution < -0.4 is 0 Å². The molecule has 0 heterocycles. The van der Waals surface area contributed by atoms with Crippen LogP contribution in [0.5, 0.6) is 0 Å². The Balaban J connectivity index is 1.74. The number of aryl methyl sites for hydroxylation is 1. The number of benzene rings is 1. The number of rotatable bonds is 5. The van der Waals surface area contributed by atoms with Crippen LogP contribution in [0.15, 0.2) is 24.3 Å². The summed E-state index contributed by atoms with van der Waals surface area (Å²) in [5.41, 5.74) is 1.33. The Hall–Kier alpha value is -0.490. The van der Waals surface area contributed by atoms with Crippen LogP contribution >= 0.6 is 11.6 Å². The van der Waals surface area contributed by atoms with Gasteiger partial charge in [0.2, 0.25) is 0 Å². The van der Waals surface area contributed by atoms with Gasteiger partial charge in [0.05, 0.1) is 0 Å². The Bertz CT molecular complexity index is 350. The molecule has 0 aromatic heterocycles. The Labute approximate surface area is 117 Å². The third kappa shape index (κ3) is 4.02. The molecular weight excluding hydrogens is 240 g/mol. The van der Waals surface area contributed by atoms with Crippen molar-refractivity contribution in [2.45, 2.75) is 58.3 Å². The number of halogens is 1. The zero-order valence-electron chi connectivity index (χ0n) is 11.5. The molecule has 1 aliphatic rings. The van der Waals surface area contributed by atoms with Crippen LogP contribution in [0.2, 0.25) is 5.02 Å². The summed E-state index contributed by atoms with van der Waals surface area (Å²) >= 11 is 6.21. The highest BCUT2D eigenvalue weighted by atomic mass is 35.5. The fourth-order valence-corrected chi connectivity index (χ4v) is 3.51. The van der Waals surface area contributed by atoms with Crippen LogP contribution in [0.1, 0.15) is 57.4 Å². The van der Waals surface area contributed by atoms with Gasteiger partial charge in [-0.25, -0.2) is 0 Å². The summed E-state index contributed by atoms with van der Waals surface area (Å²) < 4.78 is 0. The van der Waals surface area contributed by atoms with Crippen LogP contribution in [0, 0.1) is 11.8 Å². The van der Waals surface area contributed by atoms with Crippen molar-refractivity contribution in [3.63, 3.8) is 0 Å². The molecule has 18 heavy (non-hydrogen) atoms. The van der Waals surface area contributed by atoms with E-state index in [1.165, 1.54) is 50.5 Å². The predicted octanol–water partition coefficient (Wildman–Crippen LogP) is 5.88. The first-order valence-corrected chi connectivity index (χ1v) is 7.90. The summed E-state index contributed by atoms with van der Waals surface area (Å²) in [4.78, 5) is 0. The lowest BCUT2D eigenvalue weighted by molar-refractivity contribution is 0.252. The second kappa shape index (κ2) is 7.19. The standard InChI is InChI=1S/C17H25Cl/c1-2-5-14-8-10-15(11-9-14)12-13-16-6-3-4-7-17(16)18/h3-4,6-7,14-15H,2,5,8-13H2,1H3. The van der Waals surface area contributed by atoms with Gasteiger partial charge in [-0.05, 0) is 36.3 Å². The van der Waals surface area contributed by atoms with Crippen molar-refractivity contribution in [2.75, 3.05) is 0 Å². The minimum atomic E-state index is 0.939. The fraction of sp³-hybridized carbons (Fsp3) is 0.647. The quantitative estimate of drug-likeness (QED) is 0.623. The third-order valence-electron chi connectivity index (χ3n) is 4.44. The Morgan fingerprint density at radius 3 is 2.22 bits per heavy atom. The lowest BCUT2D eigenvalue weighted by Crippen LogP contribution is -2.15. The molecule has 1 aromatic carbocycles. The van der Waals surface area contributed by atoms with Crippen molar-refractivity contribution < 1.29 is 0 Å². The van der Waals surface area contributed by atoms with E-state index in [1.54, 1.807) is 0 Å². The molecule has 0 atom stereocenters. The second-order valence-corrected chi connectivity index (χ2v) is 6.21. The molecule has 1 fully saturated rings. The zero-order valence-corrected chi connectivity index (χ0v) is 12.3. The van der Waals surface area contributed by atoms with E-state index in [-0.39, 0.29) is 0 Å². The molecule has 0 nitrogen and oxygen atoms in total. The third-order valence-corrected chi connectivity index (χ3v) is 4.81. The van der Waals surface area contributed by atoms with Crippen molar-refractivity contribution in [1.29, 1.82) is 0 Å². The van der Waals surface area contributed by atoms with Crippen LogP contribution in [0.25, 0.3) is 0 Å². The summed E-state index contributed by atoms with van der Waals surface area (Å²) in [5, 5.41) is 0.942. The molecule has 0 radical (unpaired) electrons. The van der Waals surface area contributed by atoms with E-state index in [9.17, 15) is 0 Å². The number of hydrogen-bond acceptors (Lipinski definition) is 0. The monoisotopic (exact) mass is 264 g/mol. The molecule has 0 bridgehead atoms. The lowest BCUT2D eigenvalue weighted by Gasteiger charge is -2.28. The molecule has 1 aromatic rings. The minimum Gasteiger partial charge on any atom is -0.0840 e. The summed E-state index contributed by atoms with van der Waals surface area (Å²) in [6, 6.07) is 8.29. The molecule has 0 spiro atoms. The molecule has 0 amide bonds. The van der Waals surface area contributed by atoms with Crippen LogP contribution in [-0.2, 0) is 6.42 Å². The van der Waals surface area contributed by atoms with Gasteiger partial charge in [0.1, 0.15) is 0 Å². The second-order valence-electron chi connectivity index (χ2n) is 5.81. The van der Waals surface area contributed by atoms with Crippen molar-refractivity contribution >= 4 is 11.6 Å². The van der Waals surface area contributed by atoms with E-state index in [0.29, 0.717) is 0 Å². The van der Waals surface area contributed by atoms with Crippen LogP contribution in [0.3, 0.4) is 0 Å². The Morgan fingerprint density at radius 1 is 1.00 bits per heavy atom. The lowest BCUT2D eigenvalue weighted by atomic mass is 9.78. The fourth-order valence-electron chi connectivity index (χ4n) is 3.28. The van der Waals surface area contributed by atoms with E-state index >= 15 is 0 Å². The van der Waals surface area contributed by atoms with Crippen LogP contribution in [0.4, 0.5) is 0 Å². The first-order valence-electron chi connectivity index (χ1n) is 7.53. The maximum atomic E-state index is 6.21. The SMILES string of the molecule is CCCC1CCC(CCc2ccccc2Cl)CC1. The van der Waals surface area contributed by atoms with Gasteiger partial charge in [-0.2, -0.15) is 0 Å². The van der Waals surface area contributed by atoms with Gasteiger partial charge in [-0.15, -0.1) is 0 Å². The molecule has 0 saturated heterocycles. The van der Waals surface area contributed by atoms with E-state index in [2.05, 4.69) is 19.1 Å². The maximum Gasteiger partial charge on any atom is 0.0437 e. The highest BCUT2D eigenvalue weighted by molar-refractivity contribution is 6.31. The number of hydrogen-bond donors (Lipinski definition) is 0. The van der Waals surface area contributed by atoms with E-state index < -0.39 is 0 Å². The highest BCUT2D eigenvalue weighted by Crippen LogP contribution is 2.34. The van der Waals surface area contributed by atoms with Crippen molar-refractivity contribution in [1.82, 2.24) is 0 Å². The van der Waals surface area contributed by atoms with E-state index in [0.717, 1.165) is 23.3 Å². The molecule has 0 aliphatic heterocycles. The normalized spacial score (nSPS) is 24.1. The van der Waals surface area contributed by atoms with Gasteiger partial charge >= 0.3 is 0 Å². The van der Waals surface area contributed by atoms with Gasteiger partial charge in [0, 0.05) is 5.02 Å². The minimum absolute atomic E-state index is 0.939. The molecule has 1 aliphatic carbocycles. The average molecular weight is 265 g/mol. The van der Waals surface area contributed by atoms with Crippen molar-refractivity contribution in [3.05, 3.63) is 34.9 Å². The average Bonchev–Trinajstić information content (AvgIpc) is 2.40. The maximum absolute atomic E-state index is 6.21. The van der Waals surface area contributed by atoms with Gasteiger partial charge in [0.15, 0.2) is 0 Å². The molecule has 100 valence electrons. The van der Waals surface area contributed by atoms with Gasteiger partial charge in [-0.1, -0.05) is 75.2 Å². The summed E-state index contributed by atoms with van der Waals surface area (Å²) in [7, 11) is 0. The van der Waals surface area contributed by atoms with Crippen LogP contribution in [-0.4, -0.2) is 0 Å². The molecule has 0 N–H and O–H groups in total. The van der Waals surface area contributed by atoms with Gasteiger partial charge < -0.3 is 0 Å². The molecule has 2 rings (SSSR count). The Morgan fingerprint density at radius 2 is 1.61 bits per heavy atom. The molecule has 0 unspecified atom stereocenters. The first-order chi connectivity index (χ1) is 8.79.